The van der Waals surface area contributed by atoms with Crippen molar-refractivity contribution in [1.29, 1.82) is 0 Å². The van der Waals surface area contributed by atoms with Gasteiger partial charge < -0.3 is 10.3 Å². The minimum absolute atomic E-state index is 0.337. The Morgan fingerprint density at radius 2 is 2.29 bits per heavy atom. The van der Waals surface area contributed by atoms with E-state index in [1.807, 2.05) is 18.5 Å². The molecule has 1 aromatic heterocycles. The Balaban J connectivity index is 2.01. The normalized spacial score (nSPS) is 23.2. The lowest BCUT2D eigenvalue weighted by molar-refractivity contribution is 0.314. The Labute approximate surface area is 83.9 Å². The van der Waals surface area contributed by atoms with Gasteiger partial charge in [0.2, 0.25) is 0 Å². The van der Waals surface area contributed by atoms with E-state index in [9.17, 15) is 0 Å². The highest BCUT2D eigenvalue weighted by Crippen LogP contribution is 2.10. The Hall–Kier alpha value is -0.940. The molecule has 0 aliphatic carbocycles. The molecule has 1 aliphatic heterocycles. The summed E-state index contributed by atoms with van der Waals surface area (Å²) in [6.45, 7) is 4.89. The van der Waals surface area contributed by atoms with Gasteiger partial charge in [-0.05, 0) is 13.3 Å². The van der Waals surface area contributed by atoms with E-state index in [2.05, 4.69) is 15.1 Å². The monoisotopic (exact) mass is 195 g/mol. The van der Waals surface area contributed by atoms with Gasteiger partial charge in [-0.15, -0.1) is 10.2 Å². The summed E-state index contributed by atoms with van der Waals surface area (Å²) in [7, 11) is 2.00. The summed E-state index contributed by atoms with van der Waals surface area (Å²) in [5.74, 6) is 1.99. The smallest absolute Gasteiger partial charge is 0.146 e. The molecule has 5 heteroatoms. The van der Waals surface area contributed by atoms with E-state index in [1.165, 1.54) is 0 Å². The van der Waals surface area contributed by atoms with Crippen LogP contribution >= 0.6 is 0 Å². The molecular weight excluding hydrogens is 178 g/mol. The van der Waals surface area contributed by atoms with Gasteiger partial charge in [0.25, 0.3) is 0 Å². The molecule has 1 aliphatic rings. The zero-order chi connectivity index (χ0) is 10.1. The summed E-state index contributed by atoms with van der Waals surface area (Å²) in [4.78, 5) is 2.33. The van der Waals surface area contributed by atoms with Gasteiger partial charge in [0, 0.05) is 26.2 Å². The average molecular weight is 195 g/mol. The Kier molecular flexibility index (Phi) is 2.52. The highest BCUT2D eigenvalue weighted by Gasteiger charge is 2.20. The Morgan fingerprint density at radius 1 is 1.50 bits per heavy atom. The molecule has 0 aromatic carbocycles. The number of likely N-dealkylation sites (tertiary alicyclic amines) is 1. The summed E-state index contributed by atoms with van der Waals surface area (Å²) in [5, 5.41) is 8.17. The van der Waals surface area contributed by atoms with Crippen molar-refractivity contribution in [2.24, 2.45) is 12.8 Å². The van der Waals surface area contributed by atoms with Crippen LogP contribution in [0.4, 0.5) is 0 Å². The number of nitrogens with zero attached hydrogens (tertiary/aromatic N) is 4. The molecule has 2 heterocycles. The van der Waals surface area contributed by atoms with Gasteiger partial charge in [-0.1, -0.05) is 0 Å². The molecule has 1 fully saturated rings. The topological polar surface area (TPSA) is 60.0 Å². The van der Waals surface area contributed by atoms with E-state index >= 15 is 0 Å². The first kappa shape index (κ1) is 9.61. The van der Waals surface area contributed by atoms with E-state index in [0.717, 1.165) is 37.7 Å². The van der Waals surface area contributed by atoms with Gasteiger partial charge in [-0.2, -0.15) is 0 Å². The van der Waals surface area contributed by atoms with Crippen LogP contribution < -0.4 is 5.73 Å². The molecule has 0 unspecified atom stereocenters. The molecule has 1 saturated heterocycles. The third kappa shape index (κ3) is 1.78. The fourth-order valence-electron chi connectivity index (χ4n) is 1.79. The number of hydrogen-bond acceptors (Lipinski definition) is 4. The number of aromatic nitrogens is 3. The average Bonchev–Trinajstić information content (AvgIpc) is 2.67. The Morgan fingerprint density at radius 3 is 2.79 bits per heavy atom. The number of aryl methyl sites for hydroxylation is 1. The zero-order valence-electron chi connectivity index (χ0n) is 8.77. The van der Waals surface area contributed by atoms with Crippen LogP contribution in [0.2, 0.25) is 0 Å². The lowest BCUT2D eigenvalue weighted by atomic mass is 10.3. The van der Waals surface area contributed by atoms with Crippen LogP contribution in [0.1, 0.15) is 18.1 Å². The van der Waals surface area contributed by atoms with Gasteiger partial charge in [-0.25, -0.2) is 0 Å². The highest BCUT2D eigenvalue weighted by atomic mass is 15.3. The molecule has 0 saturated carbocycles. The first-order valence-electron chi connectivity index (χ1n) is 4.99. The SMILES string of the molecule is Cc1nnc(CN2CC[C@@H](N)C2)n1C. The molecule has 2 rings (SSSR count). The minimum Gasteiger partial charge on any atom is -0.326 e. The maximum absolute atomic E-state index is 5.84. The quantitative estimate of drug-likeness (QED) is 0.701. The summed E-state index contributed by atoms with van der Waals surface area (Å²) in [6, 6.07) is 0.337. The molecule has 14 heavy (non-hydrogen) atoms. The van der Waals surface area contributed by atoms with Gasteiger partial charge in [0.05, 0.1) is 6.54 Å². The maximum Gasteiger partial charge on any atom is 0.146 e. The summed E-state index contributed by atoms with van der Waals surface area (Å²) in [5.41, 5.74) is 5.84. The van der Waals surface area contributed by atoms with Crippen molar-refractivity contribution < 1.29 is 0 Å². The summed E-state index contributed by atoms with van der Waals surface area (Å²) < 4.78 is 2.03. The molecule has 1 atom stereocenters. The second-order valence-electron chi connectivity index (χ2n) is 4.01. The molecule has 5 nitrogen and oxygen atoms in total. The van der Waals surface area contributed by atoms with Gasteiger partial charge >= 0.3 is 0 Å². The summed E-state index contributed by atoms with van der Waals surface area (Å²) >= 11 is 0. The van der Waals surface area contributed by atoms with Crippen LogP contribution in [0.15, 0.2) is 0 Å². The minimum atomic E-state index is 0.337. The van der Waals surface area contributed by atoms with E-state index in [4.69, 9.17) is 5.73 Å². The highest BCUT2D eigenvalue weighted by molar-refractivity contribution is 4.93. The fraction of sp³-hybridized carbons (Fsp3) is 0.778. The molecule has 0 amide bonds. The number of nitrogens with two attached hydrogens (primary N) is 1. The van der Waals surface area contributed by atoms with E-state index in [0.29, 0.717) is 6.04 Å². The molecule has 1 aromatic rings. The third-order valence-corrected chi connectivity index (χ3v) is 2.86. The van der Waals surface area contributed by atoms with Crippen LogP contribution in [-0.2, 0) is 13.6 Å². The van der Waals surface area contributed by atoms with Crippen LogP contribution in [0.3, 0.4) is 0 Å². The van der Waals surface area contributed by atoms with Crippen molar-refractivity contribution in [1.82, 2.24) is 19.7 Å². The van der Waals surface area contributed by atoms with Crippen molar-refractivity contribution in [3.8, 4) is 0 Å². The van der Waals surface area contributed by atoms with Crippen LogP contribution in [0, 0.1) is 6.92 Å². The largest absolute Gasteiger partial charge is 0.326 e. The molecule has 0 radical (unpaired) electrons. The first-order valence-corrected chi connectivity index (χ1v) is 4.99. The summed E-state index contributed by atoms with van der Waals surface area (Å²) in [6.07, 6.45) is 1.09. The number of rotatable bonds is 2. The van der Waals surface area contributed by atoms with Crippen molar-refractivity contribution in [3.05, 3.63) is 11.6 Å². The van der Waals surface area contributed by atoms with Crippen molar-refractivity contribution >= 4 is 0 Å². The third-order valence-electron chi connectivity index (χ3n) is 2.86. The molecule has 78 valence electrons. The Bertz CT molecular complexity index is 319. The number of hydrogen-bond donors (Lipinski definition) is 1. The predicted molar refractivity (Wildman–Crippen MR) is 53.6 cm³/mol. The van der Waals surface area contributed by atoms with Crippen LogP contribution in [-0.4, -0.2) is 38.8 Å². The molecule has 2 N–H and O–H groups in total. The first-order chi connectivity index (χ1) is 6.66. The van der Waals surface area contributed by atoms with Gasteiger partial charge in [0.15, 0.2) is 0 Å². The van der Waals surface area contributed by atoms with E-state index in [-0.39, 0.29) is 0 Å². The van der Waals surface area contributed by atoms with Crippen molar-refractivity contribution in [2.75, 3.05) is 13.1 Å². The van der Waals surface area contributed by atoms with Gasteiger partial charge in [-0.3, -0.25) is 4.90 Å². The predicted octanol–water partition coefficient (Wildman–Crippen LogP) is -0.343. The van der Waals surface area contributed by atoms with Crippen LogP contribution in [0.25, 0.3) is 0 Å². The second-order valence-corrected chi connectivity index (χ2v) is 4.01. The van der Waals surface area contributed by atoms with E-state index < -0.39 is 0 Å². The zero-order valence-corrected chi connectivity index (χ0v) is 8.77. The lowest BCUT2D eigenvalue weighted by Crippen LogP contribution is -2.27. The fourth-order valence-corrected chi connectivity index (χ4v) is 1.79. The second kappa shape index (κ2) is 3.67. The van der Waals surface area contributed by atoms with Crippen LogP contribution in [0.5, 0.6) is 0 Å². The lowest BCUT2D eigenvalue weighted by Gasteiger charge is -2.13. The van der Waals surface area contributed by atoms with E-state index in [1.54, 1.807) is 0 Å². The van der Waals surface area contributed by atoms with Gasteiger partial charge in [0.1, 0.15) is 11.6 Å². The maximum atomic E-state index is 5.84. The standard InChI is InChI=1S/C9H17N5/c1-7-11-12-9(13(7)2)6-14-4-3-8(10)5-14/h8H,3-6,10H2,1-2H3/t8-/m1/s1. The molecular formula is C9H17N5. The van der Waals surface area contributed by atoms with Crippen molar-refractivity contribution in [2.45, 2.75) is 25.9 Å². The molecule has 0 spiro atoms. The molecule has 0 bridgehead atoms. The van der Waals surface area contributed by atoms with Crippen molar-refractivity contribution in [3.63, 3.8) is 0 Å².